The maximum absolute atomic E-state index is 14.0. The lowest BCUT2D eigenvalue weighted by Gasteiger charge is -2.25. The highest BCUT2D eigenvalue weighted by Gasteiger charge is 2.34. The van der Waals surface area contributed by atoms with Gasteiger partial charge < -0.3 is 15.5 Å². The maximum atomic E-state index is 14.0. The average molecular weight is 582 g/mol. The molecule has 0 spiro atoms. The third kappa shape index (κ3) is 5.89. The molecule has 2 N–H and O–H groups in total. The number of hydrogen-bond donors (Lipinski definition) is 2. The standard InChI is InChI=1S/C31H24ClN5O5/c1-19-9-5-6-12-22(19)27(38)18-36-26-14-8-7-13-23(26)28(20-10-3-2-4-11-20)34-29(30(36)39)35-31(40)33-25-16-15-21(37(41)42)17-24(25)32/h2-17,29H,18H2,1H3,(H2,33,35,40)/t29-/m1/s1. The molecular weight excluding hydrogens is 558 g/mol. The lowest BCUT2D eigenvalue weighted by molar-refractivity contribution is -0.384. The first-order valence-electron chi connectivity index (χ1n) is 12.9. The van der Waals surface area contributed by atoms with Crippen molar-refractivity contribution in [2.75, 3.05) is 16.8 Å². The summed E-state index contributed by atoms with van der Waals surface area (Å²) in [6.45, 7) is 1.53. The number of urea groups is 1. The first kappa shape index (κ1) is 28.2. The number of nitro groups is 1. The van der Waals surface area contributed by atoms with Crippen LogP contribution in [0.5, 0.6) is 0 Å². The Morgan fingerprint density at radius 1 is 0.976 bits per heavy atom. The van der Waals surface area contributed by atoms with Crippen molar-refractivity contribution < 1.29 is 19.3 Å². The van der Waals surface area contributed by atoms with Crippen LogP contribution in [0.2, 0.25) is 5.02 Å². The van der Waals surface area contributed by atoms with Gasteiger partial charge in [0.15, 0.2) is 5.78 Å². The Hall–Kier alpha value is -5.35. The molecule has 210 valence electrons. The Bertz CT molecular complexity index is 1740. The van der Waals surface area contributed by atoms with Crippen molar-refractivity contribution in [3.8, 4) is 0 Å². The number of hydrogen-bond acceptors (Lipinski definition) is 6. The molecule has 5 rings (SSSR count). The molecule has 0 aromatic heterocycles. The number of halogens is 1. The number of carbonyl (C=O) groups is 3. The molecule has 1 aliphatic heterocycles. The van der Waals surface area contributed by atoms with Crippen LogP contribution < -0.4 is 15.5 Å². The average Bonchev–Trinajstić information content (AvgIpc) is 3.09. The number of fused-ring (bicyclic) bond motifs is 1. The van der Waals surface area contributed by atoms with Crippen LogP contribution in [0.25, 0.3) is 0 Å². The van der Waals surface area contributed by atoms with Gasteiger partial charge in [0, 0.05) is 28.8 Å². The van der Waals surface area contributed by atoms with Gasteiger partial charge in [0.25, 0.3) is 11.6 Å². The largest absolute Gasteiger partial charge is 0.321 e. The van der Waals surface area contributed by atoms with Gasteiger partial charge in [-0.2, -0.15) is 0 Å². The second-order valence-corrected chi connectivity index (χ2v) is 9.85. The SMILES string of the molecule is Cc1ccccc1C(=O)CN1C(=O)[C@@H](NC(=O)Nc2ccc([N+](=O)[O-])cc2Cl)N=C(c2ccccc2)c2ccccc21. The molecule has 4 aromatic carbocycles. The van der Waals surface area contributed by atoms with Crippen molar-refractivity contribution in [2.45, 2.75) is 13.1 Å². The lowest BCUT2D eigenvalue weighted by atomic mass is 9.99. The highest BCUT2D eigenvalue weighted by Crippen LogP contribution is 2.30. The van der Waals surface area contributed by atoms with Crippen molar-refractivity contribution in [3.05, 3.63) is 134 Å². The van der Waals surface area contributed by atoms with Gasteiger partial charge in [0.2, 0.25) is 6.17 Å². The van der Waals surface area contributed by atoms with Crippen molar-refractivity contribution in [2.24, 2.45) is 4.99 Å². The Labute approximate surface area is 245 Å². The van der Waals surface area contributed by atoms with Gasteiger partial charge in [-0.05, 0) is 24.6 Å². The number of para-hydroxylation sites is 1. The fourth-order valence-electron chi connectivity index (χ4n) is 4.63. The minimum Gasteiger partial charge on any atom is -0.308 e. The molecule has 0 unspecified atom stereocenters. The van der Waals surface area contributed by atoms with Gasteiger partial charge in [-0.1, -0.05) is 84.4 Å². The van der Waals surface area contributed by atoms with E-state index in [0.717, 1.165) is 11.6 Å². The predicted molar refractivity (Wildman–Crippen MR) is 160 cm³/mol. The number of nitrogens with zero attached hydrogens (tertiary/aromatic N) is 3. The minimum atomic E-state index is -1.42. The molecule has 11 heteroatoms. The number of ketones is 1. The molecule has 3 amide bonds. The fraction of sp³-hybridized carbons (Fsp3) is 0.0968. The van der Waals surface area contributed by atoms with E-state index in [2.05, 4.69) is 15.6 Å². The number of nitrogens with one attached hydrogen (secondary N) is 2. The van der Waals surface area contributed by atoms with E-state index < -0.39 is 23.0 Å². The third-order valence-corrected chi connectivity index (χ3v) is 6.99. The number of rotatable bonds is 7. The zero-order valence-electron chi connectivity index (χ0n) is 22.3. The van der Waals surface area contributed by atoms with Gasteiger partial charge >= 0.3 is 6.03 Å². The van der Waals surface area contributed by atoms with E-state index in [4.69, 9.17) is 11.6 Å². The number of anilines is 2. The molecule has 0 fully saturated rings. The lowest BCUT2D eigenvalue weighted by Crippen LogP contribution is -2.50. The number of Topliss-reactive ketones (excluding diaryl/α,β-unsaturated/α-hetero) is 1. The summed E-state index contributed by atoms with van der Waals surface area (Å²) in [6.07, 6.45) is -1.42. The summed E-state index contributed by atoms with van der Waals surface area (Å²) in [5, 5.41) is 16.1. The predicted octanol–water partition coefficient (Wildman–Crippen LogP) is 5.77. The molecule has 0 aliphatic carbocycles. The summed E-state index contributed by atoms with van der Waals surface area (Å²) >= 11 is 6.14. The zero-order chi connectivity index (χ0) is 29.8. The molecule has 1 atom stereocenters. The number of aliphatic imine (C=N–C) groups is 1. The first-order chi connectivity index (χ1) is 20.2. The molecule has 0 saturated heterocycles. The summed E-state index contributed by atoms with van der Waals surface area (Å²) in [5.41, 5.74) is 3.34. The van der Waals surface area contributed by atoms with Gasteiger partial charge in [-0.15, -0.1) is 0 Å². The van der Waals surface area contributed by atoms with Crippen molar-refractivity contribution in [1.29, 1.82) is 0 Å². The molecule has 4 aromatic rings. The van der Waals surface area contributed by atoms with Crippen molar-refractivity contribution in [3.63, 3.8) is 0 Å². The van der Waals surface area contributed by atoms with E-state index in [1.54, 1.807) is 36.4 Å². The maximum Gasteiger partial charge on any atom is 0.321 e. The van der Waals surface area contributed by atoms with Crippen LogP contribution in [0, 0.1) is 17.0 Å². The summed E-state index contributed by atoms with van der Waals surface area (Å²) in [7, 11) is 0. The highest BCUT2D eigenvalue weighted by atomic mass is 35.5. The third-order valence-electron chi connectivity index (χ3n) is 6.68. The number of benzene rings is 4. The number of aryl methyl sites for hydroxylation is 1. The van der Waals surface area contributed by atoms with E-state index in [1.807, 2.05) is 49.4 Å². The van der Waals surface area contributed by atoms with Crippen LogP contribution in [-0.4, -0.2) is 41.1 Å². The van der Waals surface area contributed by atoms with Crippen LogP contribution in [-0.2, 0) is 4.79 Å². The molecular formula is C31H24ClN5O5. The molecule has 42 heavy (non-hydrogen) atoms. The summed E-state index contributed by atoms with van der Waals surface area (Å²) in [6, 6.07) is 26.2. The summed E-state index contributed by atoms with van der Waals surface area (Å²) < 4.78 is 0. The molecule has 10 nitrogen and oxygen atoms in total. The van der Waals surface area contributed by atoms with Crippen LogP contribution in [0.15, 0.2) is 102 Å². The monoisotopic (exact) mass is 581 g/mol. The number of non-ortho nitro benzene ring substituents is 1. The van der Waals surface area contributed by atoms with Gasteiger partial charge in [-0.25, -0.2) is 9.79 Å². The molecule has 0 bridgehead atoms. The highest BCUT2D eigenvalue weighted by molar-refractivity contribution is 6.34. The Kier molecular flexibility index (Phi) is 8.07. The van der Waals surface area contributed by atoms with E-state index >= 15 is 0 Å². The summed E-state index contributed by atoms with van der Waals surface area (Å²) in [4.78, 5) is 57.0. The van der Waals surface area contributed by atoms with Crippen molar-refractivity contribution >= 4 is 52.1 Å². The number of benzodiazepines with no additional fused rings is 1. The van der Waals surface area contributed by atoms with Crippen LogP contribution in [0.1, 0.15) is 27.0 Å². The molecule has 0 radical (unpaired) electrons. The quantitative estimate of drug-likeness (QED) is 0.162. The van der Waals surface area contributed by atoms with Gasteiger partial charge in [0.1, 0.15) is 0 Å². The van der Waals surface area contributed by atoms with Crippen LogP contribution in [0.3, 0.4) is 0 Å². The second kappa shape index (κ2) is 12.0. The Morgan fingerprint density at radius 2 is 1.67 bits per heavy atom. The smallest absolute Gasteiger partial charge is 0.308 e. The van der Waals surface area contributed by atoms with Crippen molar-refractivity contribution in [1.82, 2.24) is 5.32 Å². The van der Waals surface area contributed by atoms with E-state index in [-0.39, 0.29) is 28.7 Å². The van der Waals surface area contributed by atoms with E-state index in [0.29, 0.717) is 28.1 Å². The number of nitro benzene ring substituents is 1. The van der Waals surface area contributed by atoms with E-state index in [1.165, 1.54) is 17.0 Å². The molecule has 0 saturated carbocycles. The Morgan fingerprint density at radius 3 is 2.38 bits per heavy atom. The first-order valence-corrected chi connectivity index (χ1v) is 13.2. The normalized spacial score (nSPS) is 14.3. The van der Waals surface area contributed by atoms with Crippen LogP contribution in [0.4, 0.5) is 21.9 Å². The number of carbonyl (C=O) groups excluding carboxylic acids is 3. The molecule has 1 heterocycles. The fourth-order valence-corrected chi connectivity index (χ4v) is 4.85. The van der Waals surface area contributed by atoms with Gasteiger partial charge in [-0.3, -0.25) is 19.7 Å². The second-order valence-electron chi connectivity index (χ2n) is 9.45. The summed E-state index contributed by atoms with van der Waals surface area (Å²) in [5.74, 6) is -0.902. The number of amides is 3. The zero-order valence-corrected chi connectivity index (χ0v) is 23.0. The van der Waals surface area contributed by atoms with E-state index in [9.17, 15) is 24.5 Å². The topological polar surface area (TPSA) is 134 Å². The van der Waals surface area contributed by atoms with Crippen LogP contribution >= 0.6 is 11.6 Å². The molecule has 1 aliphatic rings. The Balaban J connectivity index is 1.52. The minimum absolute atomic E-state index is 0.0575. The van der Waals surface area contributed by atoms with Gasteiger partial charge in [0.05, 0.1) is 33.6 Å².